The Kier molecular flexibility index (Phi) is 1.90. The van der Waals surface area contributed by atoms with Crippen molar-refractivity contribution in [2.24, 2.45) is 0 Å². The third-order valence-electron chi connectivity index (χ3n) is 3.46. The summed E-state index contributed by atoms with van der Waals surface area (Å²) < 4.78 is 7.80. The van der Waals surface area contributed by atoms with E-state index in [9.17, 15) is 4.79 Å². The minimum atomic E-state index is 0.0312. The van der Waals surface area contributed by atoms with Crippen LogP contribution in [0.3, 0.4) is 0 Å². The molecule has 19 heavy (non-hydrogen) atoms. The fraction of sp³-hybridized carbons (Fsp3) is 0.0625. The molecule has 0 radical (unpaired) electrons. The molecule has 0 fully saturated rings. The minimum absolute atomic E-state index is 0.0312. The van der Waals surface area contributed by atoms with Crippen molar-refractivity contribution >= 4 is 27.6 Å². The number of aryl methyl sites for hydroxylation is 1. The van der Waals surface area contributed by atoms with Gasteiger partial charge in [-0.2, -0.15) is 0 Å². The second-order valence-corrected chi connectivity index (χ2v) is 4.79. The quantitative estimate of drug-likeness (QED) is 0.478. The van der Waals surface area contributed by atoms with Crippen LogP contribution < -0.4 is 5.43 Å². The number of benzene rings is 1. The van der Waals surface area contributed by atoms with Gasteiger partial charge in [-0.25, -0.2) is 0 Å². The van der Waals surface area contributed by atoms with Gasteiger partial charge in [0.25, 0.3) is 0 Å². The third-order valence-corrected chi connectivity index (χ3v) is 3.46. The first kappa shape index (κ1) is 10.4. The van der Waals surface area contributed by atoms with Gasteiger partial charge in [0, 0.05) is 11.7 Å². The standard InChI is InChI=1S/C16H11NO2/c1-10-5-6-14-12(8-10)15(18)13-9-11-4-2-3-7-17(11)16(13)19-14/h2-9H,1H3. The van der Waals surface area contributed by atoms with Crippen LogP contribution in [0.15, 0.2) is 57.9 Å². The number of nitrogens with zero attached hydrogens (tertiary/aromatic N) is 1. The molecule has 0 aliphatic heterocycles. The van der Waals surface area contributed by atoms with Crippen LogP contribution in [-0.4, -0.2) is 4.40 Å². The Morgan fingerprint density at radius 1 is 1.05 bits per heavy atom. The molecular weight excluding hydrogens is 238 g/mol. The van der Waals surface area contributed by atoms with Gasteiger partial charge in [0.1, 0.15) is 5.58 Å². The largest absolute Gasteiger partial charge is 0.439 e. The summed E-state index contributed by atoms with van der Waals surface area (Å²) in [5.74, 6) is 0. The predicted octanol–water partition coefficient (Wildman–Crippen LogP) is 3.51. The van der Waals surface area contributed by atoms with Crippen molar-refractivity contribution in [2.45, 2.75) is 6.92 Å². The highest BCUT2D eigenvalue weighted by atomic mass is 16.3. The molecule has 1 aromatic carbocycles. The van der Waals surface area contributed by atoms with Crippen LogP contribution in [0.4, 0.5) is 0 Å². The Hall–Kier alpha value is -2.55. The van der Waals surface area contributed by atoms with Gasteiger partial charge in [-0.15, -0.1) is 0 Å². The number of hydrogen-bond donors (Lipinski definition) is 0. The first-order valence-electron chi connectivity index (χ1n) is 6.17. The normalized spacial score (nSPS) is 11.6. The van der Waals surface area contributed by atoms with Gasteiger partial charge < -0.3 is 4.42 Å². The lowest BCUT2D eigenvalue weighted by atomic mass is 10.1. The van der Waals surface area contributed by atoms with Crippen molar-refractivity contribution in [1.82, 2.24) is 4.40 Å². The second kappa shape index (κ2) is 3.48. The van der Waals surface area contributed by atoms with Gasteiger partial charge in [0.15, 0.2) is 0 Å². The average Bonchev–Trinajstić information content (AvgIpc) is 2.79. The molecule has 0 unspecified atom stereocenters. The topological polar surface area (TPSA) is 34.6 Å². The van der Waals surface area contributed by atoms with Gasteiger partial charge in [0.2, 0.25) is 11.1 Å². The summed E-state index contributed by atoms with van der Waals surface area (Å²) in [6.07, 6.45) is 1.90. The van der Waals surface area contributed by atoms with E-state index in [-0.39, 0.29) is 5.43 Å². The number of hydrogen-bond acceptors (Lipinski definition) is 2. The molecule has 0 saturated heterocycles. The molecule has 0 bridgehead atoms. The van der Waals surface area contributed by atoms with E-state index in [1.807, 2.05) is 60.0 Å². The zero-order chi connectivity index (χ0) is 13.0. The maximum Gasteiger partial charge on any atom is 0.215 e. The molecule has 0 atom stereocenters. The van der Waals surface area contributed by atoms with E-state index in [2.05, 4.69) is 0 Å². The Bertz CT molecular complexity index is 992. The highest BCUT2D eigenvalue weighted by molar-refractivity contribution is 5.92. The van der Waals surface area contributed by atoms with Gasteiger partial charge >= 0.3 is 0 Å². The van der Waals surface area contributed by atoms with Crippen LogP contribution in [0.1, 0.15) is 5.56 Å². The molecule has 3 heterocycles. The molecule has 92 valence electrons. The lowest BCUT2D eigenvalue weighted by molar-refractivity contribution is 0.640. The van der Waals surface area contributed by atoms with E-state index in [1.165, 1.54) is 0 Å². The Morgan fingerprint density at radius 3 is 2.84 bits per heavy atom. The van der Waals surface area contributed by atoms with E-state index in [1.54, 1.807) is 0 Å². The Labute approximate surface area is 108 Å². The molecule has 3 nitrogen and oxygen atoms in total. The number of pyridine rings is 1. The summed E-state index contributed by atoms with van der Waals surface area (Å²) in [4.78, 5) is 12.5. The summed E-state index contributed by atoms with van der Waals surface area (Å²) >= 11 is 0. The Morgan fingerprint density at radius 2 is 1.95 bits per heavy atom. The molecule has 3 aromatic heterocycles. The zero-order valence-electron chi connectivity index (χ0n) is 10.4. The first-order chi connectivity index (χ1) is 9.24. The van der Waals surface area contributed by atoms with Crippen molar-refractivity contribution in [1.29, 1.82) is 0 Å². The molecule has 3 heteroatoms. The van der Waals surface area contributed by atoms with Gasteiger partial charge in [-0.3, -0.25) is 9.20 Å². The molecule has 0 amide bonds. The van der Waals surface area contributed by atoms with Gasteiger partial charge in [-0.05, 0) is 37.3 Å². The summed E-state index contributed by atoms with van der Waals surface area (Å²) in [6.45, 7) is 1.97. The summed E-state index contributed by atoms with van der Waals surface area (Å²) in [5.41, 5.74) is 3.29. The number of aromatic nitrogens is 1. The fourth-order valence-electron chi connectivity index (χ4n) is 2.52. The van der Waals surface area contributed by atoms with Crippen LogP contribution in [0.5, 0.6) is 0 Å². The number of fused-ring (bicyclic) bond motifs is 4. The summed E-state index contributed by atoms with van der Waals surface area (Å²) in [6, 6.07) is 13.4. The van der Waals surface area contributed by atoms with Crippen molar-refractivity contribution in [2.75, 3.05) is 0 Å². The van der Waals surface area contributed by atoms with Crippen molar-refractivity contribution in [3.8, 4) is 0 Å². The Balaban J connectivity index is 2.33. The van der Waals surface area contributed by atoms with Crippen molar-refractivity contribution in [3.05, 3.63) is 64.4 Å². The molecule has 4 aromatic rings. The van der Waals surface area contributed by atoms with Crippen molar-refractivity contribution < 1.29 is 4.42 Å². The molecule has 0 aliphatic carbocycles. The van der Waals surface area contributed by atoms with E-state index >= 15 is 0 Å². The first-order valence-corrected chi connectivity index (χ1v) is 6.17. The van der Waals surface area contributed by atoms with Gasteiger partial charge in [-0.1, -0.05) is 17.7 Å². The lowest BCUT2D eigenvalue weighted by Crippen LogP contribution is -2.01. The van der Waals surface area contributed by atoms with Crippen LogP contribution in [0.25, 0.3) is 27.6 Å². The number of rotatable bonds is 0. The summed E-state index contributed by atoms with van der Waals surface area (Å²) in [5, 5.41) is 1.27. The molecule has 0 aliphatic rings. The minimum Gasteiger partial charge on any atom is -0.439 e. The van der Waals surface area contributed by atoms with Crippen LogP contribution in [0, 0.1) is 6.92 Å². The van der Waals surface area contributed by atoms with Gasteiger partial charge in [0.05, 0.1) is 10.8 Å². The highest BCUT2D eigenvalue weighted by Gasteiger charge is 2.11. The van der Waals surface area contributed by atoms with Crippen LogP contribution >= 0.6 is 0 Å². The fourth-order valence-corrected chi connectivity index (χ4v) is 2.52. The molecule has 0 spiro atoms. The van der Waals surface area contributed by atoms with E-state index in [4.69, 9.17) is 4.42 Å². The molecular formula is C16H11NO2. The lowest BCUT2D eigenvalue weighted by Gasteiger charge is -2.00. The third kappa shape index (κ3) is 1.35. The SMILES string of the molecule is Cc1ccc2oc3c(cc4ccccn43)c(=O)c2c1. The predicted molar refractivity (Wildman–Crippen MR) is 75.7 cm³/mol. The van der Waals surface area contributed by atoms with E-state index in [0.29, 0.717) is 22.1 Å². The average molecular weight is 249 g/mol. The maximum absolute atomic E-state index is 12.5. The highest BCUT2D eigenvalue weighted by Crippen LogP contribution is 2.22. The van der Waals surface area contributed by atoms with Crippen molar-refractivity contribution in [3.63, 3.8) is 0 Å². The molecule has 4 rings (SSSR count). The van der Waals surface area contributed by atoms with Crippen LogP contribution in [0.2, 0.25) is 0 Å². The molecule has 0 N–H and O–H groups in total. The second-order valence-electron chi connectivity index (χ2n) is 4.79. The monoisotopic (exact) mass is 249 g/mol. The van der Waals surface area contributed by atoms with E-state index < -0.39 is 0 Å². The maximum atomic E-state index is 12.5. The zero-order valence-corrected chi connectivity index (χ0v) is 10.4. The smallest absolute Gasteiger partial charge is 0.215 e. The summed E-state index contributed by atoms with van der Waals surface area (Å²) in [7, 11) is 0. The van der Waals surface area contributed by atoms with Crippen LogP contribution in [-0.2, 0) is 0 Å². The van der Waals surface area contributed by atoms with E-state index in [0.717, 1.165) is 11.1 Å². The molecule has 0 saturated carbocycles.